The van der Waals surface area contributed by atoms with E-state index in [1.165, 1.54) is 42.1 Å². The summed E-state index contributed by atoms with van der Waals surface area (Å²) in [5.41, 5.74) is 8.27. The van der Waals surface area contributed by atoms with Gasteiger partial charge in [0.2, 0.25) is 0 Å². The SMILES string of the molecule is CC(C)CC1(C(N)c2cscc2Br)CCCC1. The van der Waals surface area contributed by atoms with Crippen LogP contribution in [-0.4, -0.2) is 0 Å². The molecule has 0 bridgehead atoms. The highest BCUT2D eigenvalue weighted by Gasteiger charge is 2.41. The molecular formula is C14H22BrNS. The second kappa shape index (κ2) is 5.41. The smallest absolute Gasteiger partial charge is 0.0371 e. The summed E-state index contributed by atoms with van der Waals surface area (Å²) in [4.78, 5) is 0. The van der Waals surface area contributed by atoms with Gasteiger partial charge in [-0.15, -0.1) is 0 Å². The third-order valence-electron chi connectivity index (χ3n) is 4.05. The predicted molar refractivity (Wildman–Crippen MR) is 79.3 cm³/mol. The van der Waals surface area contributed by atoms with Crippen molar-refractivity contribution in [3.8, 4) is 0 Å². The lowest BCUT2D eigenvalue weighted by atomic mass is 9.71. The van der Waals surface area contributed by atoms with Crippen molar-refractivity contribution in [2.24, 2.45) is 17.1 Å². The Kier molecular flexibility index (Phi) is 4.32. The molecule has 1 nitrogen and oxygen atoms in total. The molecule has 0 aliphatic heterocycles. The normalized spacial score (nSPS) is 21.0. The number of nitrogens with two attached hydrogens (primary N) is 1. The molecule has 17 heavy (non-hydrogen) atoms. The monoisotopic (exact) mass is 315 g/mol. The van der Waals surface area contributed by atoms with Crippen molar-refractivity contribution in [1.82, 2.24) is 0 Å². The average molecular weight is 316 g/mol. The van der Waals surface area contributed by atoms with Gasteiger partial charge in [0.15, 0.2) is 0 Å². The van der Waals surface area contributed by atoms with Crippen LogP contribution >= 0.6 is 27.3 Å². The van der Waals surface area contributed by atoms with E-state index in [0.717, 1.165) is 5.92 Å². The predicted octanol–water partition coefficient (Wildman–Crippen LogP) is 5.12. The zero-order valence-corrected chi connectivity index (χ0v) is 13.1. The summed E-state index contributed by atoms with van der Waals surface area (Å²) < 4.78 is 1.20. The molecule has 1 fully saturated rings. The first kappa shape index (κ1) is 13.6. The van der Waals surface area contributed by atoms with Gasteiger partial charge in [-0.3, -0.25) is 0 Å². The molecule has 0 amide bonds. The van der Waals surface area contributed by atoms with E-state index in [-0.39, 0.29) is 6.04 Å². The Morgan fingerprint density at radius 1 is 1.35 bits per heavy atom. The Morgan fingerprint density at radius 3 is 2.47 bits per heavy atom. The number of hydrogen-bond acceptors (Lipinski definition) is 2. The van der Waals surface area contributed by atoms with Crippen LogP contribution in [0.5, 0.6) is 0 Å². The number of rotatable bonds is 4. The Hall–Kier alpha value is 0.140. The van der Waals surface area contributed by atoms with Crippen molar-refractivity contribution >= 4 is 27.3 Å². The minimum atomic E-state index is 0.202. The van der Waals surface area contributed by atoms with E-state index < -0.39 is 0 Å². The molecule has 3 heteroatoms. The van der Waals surface area contributed by atoms with Crippen molar-refractivity contribution in [3.63, 3.8) is 0 Å². The average Bonchev–Trinajstić information content (AvgIpc) is 2.86. The first-order chi connectivity index (χ1) is 8.05. The number of halogens is 1. The first-order valence-electron chi connectivity index (χ1n) is 6.52. The van der Waals surface area contributed by atoms with Gasteiger partial charge in [-0.05, 0) is 57.5 Å². The molecule has 1 saturated carbocycles. The molecule has 2 N–H and O–H groups in total. The minimum absolute atomic E-state index is 0.202. The molecule has 2 rings (SSSR count). The molecule has 1 heterocycles. The van der Waals surface area contributed by atoms with Gasteiger partial charge in [0.1, 0.15) is 0 Å². The van der Waals surface area contributed by atoms with Crippen LogP contribution in [0, 0.1) is 11.3 Å². The third-order valence-corrected chi connectivity index (χ3v) is 5.80. The summed E-state index contributed by atoms with van der Waals surface area (Å²) in [5, 5.41) is 4.36. The van der Waals surface area contributed by atoms with Crippen molar-refractivity contribution in [1.29, 1.82) is 0 Å². The maximum absolute atomic E-state index is 6.61. The highest BCUT2D eigenvalue weighted by atomic mass is 79.9. The summed E-state index contributed by atoms with van der Waals surface area (Å²) in [6.07, 6.45) is 6.56. The Morgan fingerprint density at radius 2 is 2.00 bits per heavy atom. The molecule has 1 aliphatic carbocycles. The van der Waals surface area contributed by atoms with Crippen LogP contribution < -0.4 is 5.73 Å². The molecule has 0 spiro atoms. The van der Waals surface area contributed by atoms with Gasteiger partial charge in [-0.2, -0.15) is 11.3 Å². The Balaban J connectivity index is 2.24. The van der Waals surface area contributed by atoms with Gasteiger partial charge in [0.05, 0.1) is 0 Å². The summed E-state index contributed by atoms with van der Waals surface area (Å²) in [6, 6.07) is 0.202. The third kappa shape index (κ3) is 2.77. The maximum atomic E-state index is 6.61. The van der Waals surface area contributed by atoms with Gasteiger partial charge < -0.3 is 5.73 Å². The molecule has 1 aromatic heterocycles. The van der Waals surface area contributed by atoms with E-state index in [1.54, 1.807) is 11.3 Å². The summed E-state index contributed by atoms with van der Waals surface area (Å²) in [7, 11) is 0. The van der Waals surface area contributed by atoms with Crippen LogP contribution in [-0.2, 0) is 0 Å². The van der Waals surface area contributed by atoms with Crippen molar-refractivity contribution in [3.05, 3.63) is 20.8 Å². The molecule has 96 valence electrons. The summed E-state index contributed by atoms with van der Waals surface area (Å²) in [6.45, 7) is 4.63. The van der Waals surface area contributed by atoms with E-state index in [0.29, 0.717) is 5.41 Å². The largest absolute Gasteiger partial charge is 0.323 e. The Bertz CT molecular complexity index is 366. The quantitative estimate of drug-likeness (QED) is 0.820. The molecule has 0 aromatic carbocycles. The van der Waals surface area contributed by atoms with Crippen LogP contribution in [0.4, 0.5) is 0 Å². The molecule has 0 radical (unpaired) electrons. The standard InChI is InChI=1S/C14H22BrNS/c1-10(2)7-14(5-3-4-6-14)13(16)11-8-17-9-12(11)15/h8-10,13H,3-7,16H2,1-2H3. The van der Waals surface area contributed by atoms with E-state index in [4.69, 9.17) is 5.73 Å². The second-order valence-corrected chi connectivity index (χ2v) is 7.42. The first-order valence-corrected chi connectivity index (χ1v) is 8.26. The van der Waals surface area contributed by atoms with Crippen molar-refractivity contribution in [2.75, 3.05) is 0 Å². The van der Waals surface area contributed by atoms with Gasteiger partial charge in [-0.25, -0.2) is 0 Å². The van der Waals surface area contributed by atoms with E-state index in [2.05, 4.69) is 40.5 Å². The van der Waals surface area contributed by atoms with Gasteiger partial charge >= 0.3 is 0 Å². The van der Waals surface area contributed by atoms with E-state index in [9.17, 15) is 0 Å². The summed E-state index contributed by atoms with van der Waals surface area (Å²) >= 11 is 5.38. The van der Waals surface area contributed by atoms with Crippen molar-refractivity contribution < 1.29 is 0 Å². The zero-order valence-electron chi connectivity index (χ0n) is 10.7. The number of hydrogen-bond donors (Lipinski definition) is 1. The lowest BCUT2D eigenvalue weighted by molar-refractivity contribution is 0.183. The van der Waals surface area contributed by atoms with Crippen LogP contribution in [0.25, 0.3) is 0 Å². The van der Waals surface area contributed by atoms with Crippen LogP contribution in [0.1, 0.15) is 57.6 Å². The molecular weight excluding hydrogens is 294 g/mol. The van der Waals surface area contributed by atoms with E-state index >= 15 is 0 Å². The van der Waals surface area contributed by atoms with Gasteiger partial charge in [0, 0.05) is 15.9 Å². The van der Waals surface area contributed by atoms with Crippen LogP contribution in [0.2, 0.25) is 0 Å². The van der Waals surface area contributed by atoms with Crippen LogP contribution in [0.3, 0.4) is 0 Å². The van der Waals surface area contributed by atoms with Gasteiger partial charge in [-0.1, -0.05) is 26.7 Å². The molecule has 1 unspecified atom stereocenters. The van der Waals surface area contributed by atoms with Crippen molar-refractivity contribution in [2.45, 2.75) is 52.0 Å². The molecule has 1 aromatic rings. The molecule has 1 atom stereocenters. The van der Waals surface area contributed by atoms with Gasteiger partial charge in [0.25, 0.3) is 0 Å². The Labute approximate surface area is 117 Å². The van der Waals surface area contributed by atoms with E-state index in [1.807, 2.05) is 0 Å². The fraction of sp³-hybridized carbons (Fsp3) is 0.714. The minimum Gasteiger partial charge on any atom is -0.323 e. The fourth-order valence-electron chi connectivity index (χ4n) is 3.38. The lowest BCUT2D eigenvalue weighted by Gasteiger charge is -2.37. The topological polar surface area (TPSA) is 26.0 Å². The van der Waals surface area contributed by atoms with Crippen LogP contribution in [0.15, 0.2) is 15.2 Å². The maximum Gasteiger partial charge on any atom is 0.0371 e. The fourth-order valence-corrected chi connectivity index (χ4v) is 4.96. The zero-order chi connectivity index (χ0) is 12.5. The molecule has 1 aliphatic rings. The highest BCUT2D eigenvalue weighted by molar-refractivity contribution is 9.10. The number of thiophene rings is 1. The highest BCUT2D eigenvalue weighted by Crippen LogP contribution is 2.51. The molecule has 0 saturated heterocycles. The lowest BCUT2D eigenvalue weighted by Crippen LogP contribution is -2.33. The second-order valence-electron chi connectivity index (χ2n) is 5.82. The summed E-state index contributed by atoms with van der Waals surface area (Å²) in [5.74, 6) is 0.733.